The minimum Gasteiger partial charge on any atom is -0.349 e. The van der Waals surface area contributed by atoms with Crippen LogP contribution in [-0.2, 0) is 17.8 Å². The van der Waals surface area contributed by atoms with Crippen molar-refractivity contribution in [2.24, 2.45) is 0 Å². The average molecular weight is 284 g/mol. The molecule has 3 aromatic rings. The van der Waals surface area contributed by atoms with E-state index in [0.717, 1.165) is 5.56 Å². The van der Waals surface area contributed by atoms with Gasteiger partial charge in [0.05, 0.1) is 24.0 Å². The van der Waals surface area contributed by atoms with Crippen molar-refractivity contribution in [3.8, 4) is 0 Å². The second-order valence-corrected chi connectivity index (χ2v) is 4.66. The molecule has 0 aliphatic carbocycles. The lowest BCUT2D eigenvalue weighted by molar-refractivity contribution is -0.120. The van der Waals surface area contributed by atoms with Crippen molar-refractivity contribution < 1.29 is 9.18 Å². The Bertz CT molecular complexity index is 770. The highest BCUT2D eigenvalue weighted by Gasteiger charge is 2.07. The number of nitrogens with zero attached hydrogens (tertiary/aromatic N) is 2. The van der Waals surface area contributed by atoms with Crippen LogP contribution in [0.5, 0.6) is 0 Å². The van der Waals surface area contributed by atoms with E-state index in [0.29, 0.717) is 16.9 Å². The Labute approximate surface area is 120 Å². The second-order valence-electron chi connectivity index (χ2n) is 4.66. The molecule has 0 unspecified atom stereocenters. The summed E-state index contributed by atoms with van der Waals surface area (Å²) in [6, 6.07) is 7.96. The van der Waals surface area contributed by atoms with Crippen LogP contribution in [0.3, 0.4) is 0 Å². The number of aromatic nitrogens is 3. The first-order valence-corrected chi connectivity index (χ1v) is 6.50. The normalized spacial score (nSPS) is 10.7. The highest BCUT2D eigenvalue weighted by molar-refractivity contribution is 5.78. The SMILES string of the molecule is O=C(Cc1cccnc1)NCc1nc2ccc(F)cc2[nH]1. The predicted molar refractivity (Wildman–Crippen MR) is 75.8 cm³/mol. The van der Waals surface area contributed by atoms with E-state index in [1.807, 2.05) is 6.07 Å². The van der Waals surface area contributed by atoms with E-state index in [1.54, 1.807) is 24.5 Å². The molecular formula is C15H13FN4O. The van der Waals surface area contributed by atoms with E-state index in [-0.39, 0.29) is 24.7 Å². The standard InChI is InChI=1S/C15H13FN4O/c16-11-3-4-12-13(7-11)20-14(19-12)9-18-15(21)6-10-2-1-5-17-8-10/h1-5,7-8H,6,9H2,(H,18,21)(H,19,20). The number of nitrogens with one attached hydrogen (secondary N) is 2. The molecule has 6 heteroatoms. The third kappa shape index (κ3) is 3.22. The van der Waals surface area contributed by atoms with Crippen molar-refractivity contribution in [1.29, 1.82) is 0 Å². The molecule has 2 heterocycles. The van der Waals surface area contributed by atoms with E-state index >= 15 is 0 Å². The van der Waals surface area contributed by atoms with Crippen LogP contribution < -0.4 is 5.32 Å². The van der Waals surface area contributed by atoms with Gasteiger partial charge < -0.3 is 10.3 Å². The van der Waals surface area contributed by atoms with Gasteiger partial charge in [-0.25, -0.2) is 9.37 Å². The zero-order chi connectivity index (χ0) is 14.7. The quantitative estimate of drug-likeness (QED) is 0.769. The summed E-state index contributed by atoms with van der Waals surface area (Å²) >= 11 is 0. The summed E-state index contributed by atoms with van der Waals surface area (Å²) in [6.45, 7) is 0.273. The molecule has 0 aliphatic rings. The summed E-state index contributed by atoms with van der Waals surface area (Å²) in [5.74, 6) is 0.156. The van der Waals surface area contributed by atoms with Crippen LogP contribution in [-0.4, -0.2) is 20.9 Å². The van der Waals surface area contributed by atoms with Crippen LogP contribution in [0.25, 0.3) is 11.0 Å². The molecule has 1 aromatic carbocycles. The van der Waals surface area contributed by atoms with E-state index in [1.165, 1.54) is 12.1 Å². The van der Waals surface area contributed by atoms with Gasteiger partial charge in [-0.05, 0) is 29.8 Å². The zero-order valence-electron chi connectivity index (χ0n) is 11.1. The summed E-state index contributed by atoms with van der Waals surface area (Å²) in [7, 11) is 0. The van der Waals surface area contributed by atoms with Gasteiger partial charge >= 0.3 is 0 Å². The number of benzene rings is 1. The Hall–Kier alpha value is -2.76. The fourth-order valence-electron chi connectivity index (χ4n) is 2.05. The highest BCUT2D eigenvalue weighted by Crippen LogP contribution is 2.12. The lowest BCUT2D eigenvalue weighted by atomic mass is 10.2. The predicted octanol–water partition coefficient (Wildman–Crippen LogP) is 1.96. The number of carbonyl (C=O) groups is 1. The molecular weight excluding hydrogens is 271 g/mol. The monoisotopic (exact) mass is 284 g/mol. The summed E-state index contributed by atoms with van der Waals surface area (Å²) in [5, 5.41) is 2.77. The highest BCUT2D eigenvalue weighted by atomic mass is 19.1. The minimum atomic E-state index is -0.321. The van der Waals surface area contributed by atoms with Crippen LogP contribution in [0.1, 0.15) is 11.4 Å². The van der Waals surface area contributed by atoms with Crippen molar-refractivity contribution in [1.82, 2.24) is 20.3 Å². The van der Waals surface area contributed by atoms with Crippen molar-refractivity contribution in [3.05, 3.63) is 59.9 Å². The lowest BCUT2D eigenvalue weighted by Crippen LogP contribution is -2.25. The van der Waals surface area contributed by atoms with Gasteiger partial charge in [-0.1, -0.05) is 6.07 Å². The Morgan fingerprint density at radius 3 is 3.05 bits per heavy atom. The van der Waals surface area contributed by atoms with Crippen molar-refractivity contribution >= 4 is 16.9 Å². The first-order valence-electron chi connectivity index (χ1n) is 6.50. The molecule has 2 N–H and O–H groups in total. The molecule has 21 heavy (non-hydrogen) atoms. The molecule has 0 fully saturated rings. The maximum atomic E-state index is 13.1. The van der Waals surface area contributed by atoms with Crippen LogP contribution in [0.2, 0.25) is 0 Å². The molecule has 1 amide bonds. The Balaban J connectivity index is 1.62. The van der Waals surface area contributed by atoms with E-state index < -0.39 is 0 Å². The molecule has 3 rings (SSSR count). The van der Waals surface area contributed by atoms with E-state index in [9.17, 15) is 9.18 Å². The molecule has 0 bridgehead atoms. The van der Waals surface area contributed by atoms with Crippen LogP contribution in [0.4, 0.5) is 4.39 Å². The van der Waals surface area contributed by atoms with Crippen molar-refractivity contribution in [3.63, 3.8) is 0 Å². The lowest BCUT2D eigenvalue weighted by Gasteiger charge is -2.02. The van der Waals surface area contributed by atoms with Gasteiger partial charge in [0, 0.05) is 12.4 Å². The van der Waals surface area contributed by atoms with Crippen molar-refractivity contribution in [2.75, 3.05) is 0 Å². The summed E-state index contributed by atoms with van der Waals surface area (Å²) < 4.78 is 13.1. The molecule has 0 radical (unpaired) electrons. The maximum Gasteiger partial charge on any atom is 0.224 e. The Morgan fingerprint density at radius 1 is 1.33 bits per heavy atom. The number of hydrogen-bond donors (Lipinski definition) is 2. The largest absolute Gasteiger partial charge is 0.349 e. The molecule has 0 saturated carbocycles. The number of imidazole rings is 1. The molecule has 0 spiro atoms. The van der Waals surface area contributed by atoms with Crippen LogP contribution in [0, 0.1) is 5.82 Å². The number of aromatic amines is 1. The van der Waals surface area contributed by atoms with E-state index in [4.69, 9.17) is 0 Å². The molecule has 106 valence electrons. The fourth-order valence-corrected chi connectivity index (χ4v) is 2.05. The summed E-state index contributed by atoms with van der Waals surface area (Å²) in [4.78, 5) is 23.0. The topological polar surface area (TPSA) is 70.7 Å². The molecule has 0 atom stereocenters. The Morgan fingerprint density at radius 2 is 2.24 bits per heavy atom. The maximum absolute atomic E-state index is 13.1. The number of rotatable bonds is 4. The number of carbonyl (C=O) groups excluding carboxylic acids is 1. The van der Waals surface area contributed by atoms with Crippen LogP contribution >= 0.6 is 0 Å². The number of pyridine rings is 1. The first-order chi connectivity index (χ1) is 10.2. The third-order valence-electron chi connectivity index (χ3n) is 3.03. The van der Waals surface area contributed by atoms with Gasteiger partial charge in [0.15, 0.2) is 0 Å². The average Bonchev–Trinajstić information content (AvgIpc) is 2.88. The first kappa shape index (κ1) is 13.2. The fraction of sp³-hybridized carbons (Fsp3) is 0.133. The molecule has 0 saturated heterocycles. The molecule has 5 nitrogen and oxygen atoms in total. The van der Waals surface area contributed by atoms with E-state index in [2.05, 4.69) is 20.3 Å². The Kier molecular flexibility index (Phi) is 3.59. The summed E-state index contributed by atoms with van der Waals surface area (Å²) in [5.41, 5.74) is 2.14. The van der Waals surface area contributed by atoms with Gasteiger partial charge in [0.2, 0.25) is 5.91 Å². The second kappa shape index (κ2) is 5.70. The van der Waals surface area contributed by atoms with Crippen LogP contribution in [0.15, 0.2) is 42.7 Å². The van der Waals surface area contributed by atoms with Crippen molar-refractivity contribution in [2.45, 2.75) is 13.0 Å². The zero-order valence-corrected chi connectivity index (χ0v) is 11.1. The summed E-state index contributed by atoms with van der Waals surface area (Å²) in [6.07, 6.45) is 3.58. The van der Waals surface area contributed by atoms with Gasteiger partial charge in [-0.15, -0.1) is 0 Å². The number of amides is 1. The number of H-pyrrole nitrogens is 1. The minimum absolute atomic E-state index is 0.116. The number of fused-ring (bicyclic) bond motifs is 1. The van der Waals surface area contributed by atoms with Gasteiger partial charge in [0.25, 0.3) is 0 Å². The number of halogens is 1. The van der Waals surface area contributed by atoms with Gasteiger partial charge in [0.1, 0.15) is 11.6 Å². The smallest absolute Gasteiger partial charge is 0.224 e. The van der Waals surface area contributed by atoms with Gasteiger partial charge in [-0.2, -0.15) is 0 Å². The third-order valence-corrected chi connectivity index (χ3v) is 3.03. The molecule has 2 aromatic heterocycles. The van der Waals surface area contributed by atoms with Gasteiger partial charge in [-0.3, -0.25) is 9.78 Å². The molecule has 0 aliphatic heterocycles. The number of hydrogen-bond acceptors (Lipinski definition) is 3.